The Labute approximate surface area is 98.9 Å². The van der Waals surface area contributed by atoms with E-state index < -0.39 is 0 Å². The molecule has 1 rings (SSSR count). The van der Waals surface area contributed by atoms with Crippen LogP contribution in [-0.2, 0) is 6.42 Å². The Hall–Kier alpha value is -1.12. The van der Waals surface area contributed by atoms with Gasteiger partial charge in [-0.1, -0.05) is 27.2 Å². The van der Waals surface area contributed by atoms with E-state index in [9.17, 15) is 0 Å². The lowest BCUT2D eigenvalue weighted by atomic mass is 10.3. The summed E-state index contributed by atoms with van der Waals surface area (Å²) in [5, 5.41) is 0. The maximum Gasteiger partial charge on any atom is 0.132 e. The molecule has 3 heteroatoms. The molecule has 0 aromatic carbocycles. The van der Waals surface area contributed by atoms with Gasteiger partial charge in [0, 0.05) is 25.7 Å². The van der Waals surface area contributed by atoms with Gasteiger partial charge in [-0.05, 0) is 18.9 Å². The molecular formula is C13H23N3. The fourth-order valence-corrected chi connectivity index (χ4v) is 1.69. The Morgan fingerprint density at radius 3 is 2.56 bits per heavy atom. The van der Waals surface area contributed by atoms with Gasteiger partial charge < -0.3 is 4.90 Å². The molecule has 1 heterocycles. The highest BCUT2D eigenvalue weighted by Crippen LogP contribution is 2.12. The number of unbranched alkanes of at least 4 members (excludes halogenated alkanes) is 1. The molecule has 1 aromatic heterocycles. The first kappa shape index (κ1) is 12.9. The minimum atomic E-state index is 0.904. The van der Waals surface area contributed by atoms with E-state index in [0.29, 0.717) is 0 Å². The molecule has 16 heavy (non-hydrogen) atoms. The molecule has 3 nitrogen and oxygen atoms in total. The molecule has 0 aliphatic heterocycles. The van der Waals surface area contributed by atoms with E-state index in [-0.39, 0.29) is 0 Å². The summed E-state index contributed by atoms with van der Waals surface area (Å²) in [6.07, 6.45) is 6.39. The Morgan fingerprint density at radius 1 is 1.12 bits per heavy atom. The van der Waals surface area contributed by atoms with Crippen LogP contribution in [0.4, 0.5) is 5.82 Å². The standard InChI is InChI=1S/C13H23N3/c1-4-7-11-16(10-5-2)13-8-9-14-12(6-3)15-13/h8-9H,4-7,10-11H2,1-3H3. The molecule has 90 valence electrons. The van der Waals surface area contributed by atoms with Crippen LogP contribution in [0.15, 0.2) is 12.3 Å². The lowest BCUT2D eigenvalue weighted by molar-refractivity contribution is 0.692. The molecule has 0 unspecified atom stereocenters. The lowest BCUT2D eigenvalue weighted by Gasteiger charge is -2.23. The van der Waals surface area contributed by atoms with Crippen molar-refractivity contribution in [1.29, 1.82) is 0 Å². The van der Waals surface area contributed by atoms with E-state index in [4.69, 9.17) is 0 Å². The highest BCUT2D eigenvalue weighted by atomic mass is 15.2. The fraction of sp³-hybridized carbons (Fsp3) is 0.692. The number of anilines is 1. The largest absolute Gasteiger partial charge is 0.357 e. The Bertz CT molecular complexity index is 299. The first-order valence-corrected chi connectivity index (χ1v) is 6.38. The summed E-state index contributed by atoms with van der Waals surface area (Å²) >= 11 is 0. The van der Waals surface area contributed by atoms with Gasteiger partial charge in [-0.15, -0.1) is 0 Å². The first-order chi connectivity index (χ1) is 7.81. The third-order valence-corrected chi connectivity index (χ3v) is 2.61. The van der Waals surface area contributed by atoms with Crippen molar-refractivity contribution in [2.75, 3.05) is 18.0 Å². The number of nitrogens with zero attached hydrogens (tertiary/aromatic N) is 3. The Morgan fingerprint density at radius 2 is 1.94 bits per heavy atom. The molecule has 0 radical (unpaired) electrons. The average Bonchev–Trinajstić information content (AvgIpc) is 2.34. The van der Waals surface area contributed by atoms with E-state index in [1.165, 1.54) is 12.8 Å². The molecular weight excluding hydrogens is 198 g/mol. The number of rotatable bonds is 7. The van der Waals surface area contributed by atoms with Gasteiger partial charge in [0.05, 0.1) is 0 Å². The third-order valence-electron chi connectivity index (χ3n) is 2.61. The van der Waals surface area contributed by atoms with Gasteiger partial charge in [0.15, 0.2) is 0 Å². The number of hydrogen-bond donors (Lipinski definition) is 0. The molecule has 0 bridgehead atoms. The molecule has 0 atom stereocenters. The van der Waals surface area contributed by atoms with Gasteiger partial charge in [0.2, 0.25) is 0 Å². The monoisotopic (exact) mass is 221 g/mol. The maximum atomic E-state index is 4.58. The third kappa shape index (κ3) is 3.80. The quantitative estimate of drug-likeness (QED) is 0.708. The molecule has 0 fully saturated rings. The molecule has 0 spiro atoms. The predicted octanol–water partition coefficient (Wildman–Crippen LogP) is 3.06. The molecule has 1 aromatic rings. The Balaban J connectivity index is 2.73. The van der Waals surface area contributed by atoms with E-state index in [2.05, 4.69) is 35.6 Å². The van der Waals surface area contributed by atoms with Gasteiger partial charge in [-0.3, -0.25) is 0 Å². The lowest BCUT2D eigenvalue weighted by Crippen LogP contribution is -2.26. The van der Waals surface area contributed by atoms with Gasteiger partial charge in [-0.2, -0.15) is 0 Å². The molecule has 0 saturated carbocycles. The molecule has 0 N–H and O–H groups in total. The van der Waals surface area contributed by atoms with Crippen LogP contribution in [0.3, 0.4) is 0 Å². The average molecular weight is 221 g/mol. The molecule has 0 saturated heterocycles. The SMILES string of the molecule is CCCCN(CCC)c1ccnc(CC)n1. The van der Waals surface area contributed by atoms with Crippen molar-refractivity contribution in [3.8, 4) is 0 Å². The van der Waals surface area contributed by atoms with Gasteiger partial charge in [0.1, 0.15) is 11.6 Å². The zero-order valence-corrected chi connectivity index (χ0v) is 10.7. The number of aryl methyl sites for hydroxylation is 1. The normalized spacial score (nSPS) is 10.4. The minimum absolute atomic E-state index is 0.904. The van der Waals surface area contributed by atoms with Gasteiger partial charge in [0.25, 0.3) is 0 Å². The van der Waals surface area contributed by atoms with Crippen LogP contribution in [0.1, 0.15) is 45.9 Å². The van der Waals surface area contributed by atoms with Crippen molar-refractivity contribution in [2.45, 2.75) is 46.5 Å². The highest BCUT2D eigenvalue weighted by molar-refractivity contribution is 5.37. The summed E-state index contributed by atoms with van der Waals surface area (Å²) in [6, 6.07) is 2.02. The predicted molar refractivity (Wildman–Crippen MR) is 68.8 cm³/mol. The van der Waals surface area contributed by atoms with Crippen molar-refractivity contribution < 1.29 is 0 Å². The second-order valence-corrected chi connectivity index (χ2v) is 4.03. The summed E-state index contributed by atoms with van der Waals surface area (Å²) in [5.41, 5.74) is 0. The van der Waals surface area contributed by atoms with E-state index in [1.807, 2.05) is 12.3 Å². The highest BCUT2D eigenvalue weighted by Gasteiger charge is 2.06. The first-order valence-electron chi connectivity index (χ1n) is 6.38. The second kappa shape index (κ2) is 7.20. The molecule has 0 aliphatic rings. The zero-order chi connectivity index (χ0) is 11.8. The minimum Gasteiger partial charge on any atom is -0.357 e. The molecule has 0 aliphatic carbocycles. The topological polar surface area (TPSA) is 29.0 Å². The second-order valence-electron chi connectivity index (χ2n) is 4.03. The maximum absolute atomic E-state index is 4.58. The van der Waals surface area contributed by atoms with Gasteiger partial charge >= 0.3 is 0 Å². The smallest absolute Gasteiger partial charge is 0.132 e. The van der Waals surface area contributed by atoms with Crippen LogP contribution < -0.4 is 4.90 Å². The van der Waals surface area contributed by atoms with Crippen LogP contribution in [0.5, 0.6) is 0 Å². The van der Waals surface area contributed by atoms with Crippen molar-refractivity contribution in [2.24, 2.45) is 0 Å². The van der Waals surface area contributed by atoms with Crippen molar-refractivity contribution >= 4 is 5.82 Å². The van der Waals surface area contributed by atoms with Crippen LogP contribution >= 0.6 is 0 Å². The van der Waals surface area contributed by atoms with Crippen molar-refractivity contribution in [3.05, 3.63) is 18.1 Å². The van der Waals surface area contributed by atoms with Crippen LogP contribution in [0, 0.1) is 0 Å². The van der Waals surface area contributed by atoms with E-state index >= 15 is 0 Å². The summed E-state index contributed by atoms with van der Waals surface area (Å²) in [5.74, 6) is 2.03. The van der Waals surface area contributed by atoms with Crippen molar-refractivity contribution in [3.63, 3.8) is 0 Å². The van der Waals surface area contributed by atoms with E-state index in [1.54, 1.807) is 0 Å². The van der Waals surface area contributed by atoms with E-state index in [0.717, 1.165) is 37.6 Å². The summed E-state index contributed by atoms with van der Waals surface area (Å²) in [4.78, 5) is 11.2. The van der Waals surface area contributed by atoms with Crippen molar-refractivity contribution in [1.82, 2.24) is 9.97 Å². The van der Waals surface area contributed by atoms with Crippen LogP contribution in [0.2, 0.25) is 0 Å². The van der Waals surface area contributed by atoms with Crippen LogP contribution in [0.25, 0.3) is 0 Å². The van der Waals surface area contributed by atoms with Crippen LogP contribution in [-0.4, -0.2) is 23.1 Å². The molecule has 0 amide bonds. The summed E-state index contributed by atoms with van der Waals surface area (Å²) < 4.78 is 0. The number of aromatic nitrogens is 2. The number of hydrogen-bond acceptors (Lipinski definition) is 3. The summed E-state index contributed by atoms with van der Waals surface area (Å²) in [7, 11) is 0. The van der Waals surface area contributed by atoms with Gasteiger partial charge in [-0.25, -0.2) is 9.97 Å². The fourth-order valence-electron chi connectivity index (χ4n) is 1.69. The zero-order valence-electron chi connectivity index (χ0n) is 10.7. The summed E-state index contributed by atoms with van der Waals surface area (Å²) in [6.45, 7) is 8.71. The Kier molecular flexibility index (Phi) is 5.83.